The lowest BCUT2D eigenvalue weighted by Crippen LogP contribution is -2.34. The Labute approximate surface area is 185 Å². The van der Waals surface area contributed by atoms with E-state index in [0.29, 0.717) is 22.7 Å². The third kappa shape index (κ3) is 4.54. The van der Waals surface area contributed by atoms with Gasteiger partial charge in [0.15, 0.2) is 5.65 Å². The van der Waals surface area contributed by atoms with Crippen molar-refractivity contribution in [2.24, 2.45) is 5.92 Å². The molecule has 1 atom stereocenters. The Morgan fingerprint density at radius 1 is 1.16 bits per heavy atom. The monoisotopic (exact) mass is 431 g/mol. The van der Waals surface area contributed by atoms with E-state index in [0.717, 1.165) is 11.3 Å². The zero-order chi connectivity index (χ0) is 22.7. The van der Waals surface area contributed by atoms with Gasteiger partial charge in [0, 0.05) is 18.3 Å². The molecular weight excluding hydrogens is 406 g/mol. The van der Waals surface area contributed by atoms with Gasteiger partial charge in [0.25, 0.3) is 5.56 Å². The maximum absolute atomic E-state index is 12.8. The molecule has 2 N–H and O–H groups in total. The third-order valence-electron chi connectivity index (χ3n) is 5.24. The average Bonchev–Trinajstić information content (AvgIpc) is 3.23. The van der Waals surface area contributed by atoms with E-state index in [2.05, 4.69) is 20.4 Å². The quantitative estimate of drug-likeness (QED) is 0.468. The number of methoxy groups -OCH3 is 1. The van der Waals surface area contributed by atoms with Gasteiger partial charge in [-0.2, -0.15) is 0 Å². The van der Waals surface area contributed by atoms with Gasteiger partial charge in [-0.05, 0) is 35.7 Å². The van der Waals surface area contributed by atoms with Crippen LogP contribution in [0, 0.1) is 5.92 Å². The molecule has 0 aliphatic carbocycles. The molecule has 8 nitrogen and oxygen atoms in total. The van der Waals surface area contributed by atoms with E-state index in [9.17, 15) is 9.59 Å². The Kier molecular flexibility index (Phi) is 6.02. The van der Waals surface area contributed by atoms with E-state index in [4.69, 9.17) is 4.74 Å². The molecule has 32 heavy (non-hydrogen) atoms. The van der Waals surface area contributed by atoms with Crippen LogP contribution in [0.1, 0.15) is 31.1 Å². The van der Waals surface area contributed by atoms with E-state index in [1.165, 1.54) is 10.6 Å². The predicted octanol–water partition coefficient (Wildman–Crippen LogP) is 3.15. The summed E-state index contributed by atoms with van der Waals surface area (Å²) in [5, 5.41) is 6.08. The zero-order valence-corrected chi connectivity index (χ0v) is 18.2. The van der Waals surface area contributed by atoms with Gasteiger partial charge in [-0.15, -0.1) is 0 Å². The van der Waals surface area contributed by atoms with Crippen LogP contribution in [0.25, 0.3) is 17.0 Å². The van der Waals surface area contributed by atoms with Crippen molar-refractivity contribution in [2.45, 2.75) is 26.3 Å². The summed E-state index contributed by atoms with van der Waals surface area (Å²) in [7, 11) is 1.60. The number of hydrogen-bond acceptors (Lipinski definition) is 5. The molecule has 0 radical (unpaired) electrons. The summed E-state index contributed by atoms with van der Waals surface area (Å²) in [4.78, 5) is 34.4. The van der Waals surface area contributed by atoms with Crippen LogP contribution in [0.3, 0.4) is 0 Å². The van der Waals surface area contributed by atoms with E-state index < -0.39 is 6.04 Å². The topological polar surface area (TPSA) is 101 Å². The van der Waals surface area contributed by atoms with Crippen LogP contribution in [0.2, 0.25) is 0 Å². The summed E-state index contributed by atoms with van der Waals surface area (Å²) in [5.41, 5.74) is 3.04. The van der Waals surface area contributed by atoms with Gasteiger partial charge in [-0.1, -0.05) is 32.0 Å². The largest absolute Gasteiger partial charge is 0.497 e. The molecule has 0 unspecified atom stereocenters. The highest BCUT2D eigenvalue weighted by molar-refractivity contribution is 5.79. The van der Waals surface area contributed by atoms with Crippen molar-refractivity contribution in [3.8, 4) is 17.1 Å². The number of carbonyl (C=O) groups is 1. The van der Waals surface area contributed by atoms with Gasteiger partial charge >= 0.3 is 0 Å². The molecule has 0 spiro atoms. The number of nitrogens with one attached hydrogen (secondary N) is 2. The van der Waals surface area contributed by atoms with Crippen LogP contribution < -0.4 is 15.6 Å². The van der Waals surface area contributed by atoms with Crippen LogP contribution in [-0.2, 0) is 11.2 Å². The number of rotatable bonds is 7. The van der Waals surface area contributed by atoms with Gasteiger partial charge in [0.05, 0.1) is 36.7 Å². The van der Waals surface area contributed by atoms with E-state index in [1.807, 2.05) is 56.3 Å². The number of hydrogen-bond donors (Lipinski definition) is 2. The fourth-order valence-corrected chi connectivity index (χ4v) is 3.56. The molecule has 4 rings (SSSR count). The summed E-state index contributed by atoms with van der Waals surface area (Å²) in [6, 6.07) is 15.8. The first-order valence-electron chi connectivity index (χ1n) is 10.4. The van der Waals surface area contributed by atoms with E-state index >= 15 is 0 Å². The summed E-state index contributed by atoms with van der Waals surface area (Å²) >= 11 is 0. The molecule has 8 heteroatoms. The maximum atomic E-state index is 12.8. The average molecular weight is 431 g/mol. The summed E-state index contributed by atoms with van der Waals surface area (Å²) in [6.07, 6.45) is 1.91. The van der Waals surface area contributed by atoms with Gasteiger partial charge in [-0.3, -0.25) is 19.7 Å². The second-order valence-electron chi connectivity index (χ2n) is 7.91. The van der Waals surface area contributed by atoms with Crippen molar-refractivity contribution in [1.29, 1.82) is 0 Å². The van der Waals surface area contributed by atoms with Gasteiger partial charge in [0.2, 0.25) is 5.91 Å². The molecule has 1 aromatic carbocycles. The molecule has 0 saturated heterocycles. The van der Waals surface area contributed by atoms with Crippen molar-refractivity contribution in [1.82, 2.24) is 24.9 Å². The molecule has 3 heterocycles. The Morgan fingerprint density at radius 2 is 1.94 bits per heavy atom. The van der Waals surface area contributed by atoms with E-state index in [1.54, 1.807) is 19.4 Å². The molecule has 0 bridgehead atoms. The Balaban J connectivity index is 1.59. The summed E-state index contributed by atoms with van der Waals surface area (Å²) in [5.74, 6) is 0.640. The molecule has 3 aromatic heterocycles. The highest BCUT2D eigenvalue weighted by Crippen LogP contribution is 2.22. The van der Waals surface area contributed by atoms with Gasteiger partial charge in [0.1, 0.15) is 5.75 Å². The van der Waals surface area contributed by atoms with Crippen molar-refractivity contribution in [3.05, 3.63) is 82.4 Å². The number of H-pyrrole nitrogens is 1. The van der Waals surface area contributed by atoms with Crippen molar-refractivity contribution in [3.63, 3.8) is 0 Å². The lowest BCUT2D eigenvalue weighted by Gasteiger charge is -2.22. The van der Waals surface area contributed by atoms with Gasteiger partial charge in [-0.25, -0.2) is 9.50 Å². The standard InChI is InChI=1S/C24H25N5O3/c1-15(2)24(27-22(30)12-16-7-9-17(32-3)10-8-16)20-14-23(31)29-21(26-20)13-19(28-29)18-6-4-5-11-25-18/h4-11,13-15,24,28H,12H2,1-3H3,(H,27,30)/t24-/m0/s1. The molecule has 1 amide bonds. The number of aromatic nitrogens is 4. The number of fused-ring (bicyclic) bond motifs is 1. The predicted molar refractivity (Wildman–Crippen MR) is 121 cm³/mol. The van der Waals surface area contributed by atoms with Crippen LogP contribution in [0.4, 0.5) is 0 Å². The van der Waals surface area contributed by atoms with Crippen LogP contribution in [-0.4, -0.2) is 32.6 Å². The lowest BCUT2D eigenvalue weighted by atomic mass is 10.00. The smallest absolute Gasteiger partial charge is 0.272 e. The Morgan fingerprint density at radius 3 is 2.59 bits per heavy atom. The third-order valence-corrected chi connectivity index (χ3v) is 5.24. The number of aromatic amines is 1. The first kappa shape index (κ1) is 21.3. The van der Waals surface area contributed by atoms with Crippen molar-refractivity contribution >= 4 is 11.6 Å². The number of benzene rings is 1. The maximum Gasteiger partial charge on any atom is 0.272 e. The molecule has 164 valence electrons. The first-order chi connectivity index (χ1) is 15.4. The number of pyridine rings is 1. The number of amides is 1. The second kappa shape index (κ2) is 9.05. The zero-order valence-electron chi connectivity index (χ0n) is 18.2. The molecule has 0 aliphatic rings. The number of carbonyl (C=O) groups excluding carboxylic acids is 1. The number of nitrogens with zero attached hydrogens (tertiary/aromatic N) is 3. The van der Waals surface area contributed by atoms with Crippen LogP contribution >= 0.6 is 0 Å². The fourth-order valence-electron chi connectivity index (χ4n) is 3.56. The first-order valence-corrected chi connectivity index (χ1v) is 10.4. The molecule has 0 fully saturated rings. The van der Waals surface area contributed by atoms with Gasteiger partial charge < -0.3 is 10.1 Å². The summed E-state index contributed by atoms with van der Waals surface area (Å²) < 4.78 is 6.54. The SMILES string of the molecule is COc1ccc(CC(=O)N[C@H](c2cc(=O)n3[nH]c(-c4ccccn4)cc3n2)C(C)C)cc1. The van der Waals surface area contributed by atoms with Crippen molar-refractivity contribution in [2.75, 3.05) is 7.11 Å². The molecule has 0 saturated carbocycles. The molecular formula is C24H25N5O3. The Hall–Kier alpha value is -3.94. The van der Waals surface area contributed by atoms with Crippen LogP contribution in [0.15, 0.2) is 65.6 Å². The molecule has 0 aliphatic heterocycles. The lowest BCUT2D eigenvalue weighted by molar-refractivity contribution is -0.121. The van der Waals surface area contributed by atoms with E-state index in [-0.39, 0.29) is 23.8 Å². The minimum atomic E-state index is -0.397. The second-order valence-corrected chi connectivity index (χ2v) is 7.91. The molecule has 4 aromatic rings. The highest BCUT2D eigenvalue weighted by Gasteiger charge is 2.22. The minimum absolute atomic E-state index is 0.0402. The fraction of sp³-hybridized carbons (Fsp3) is 0.250. The Bertz CT molecular complexity index is 1280. The van der Waals surface area contributed by atoms with Crippen molar-refractivity contribution < 1.29 is 9.53 Å². The van der Waals surface area contributed by atoms with Crippen LogP contribution in [0.5, 0.6) is 5.75 Å². The normalized spacial score (nSPS) is 12.1. The summed E-state index contributed by atoms with van der Waals surface area (Å²) in [6.45, 7) is 3.97. The highest BCUT2D eigenvalue weighted by atomic mass is 16.5. The number of ether oxygens (including phenoxy) is 1. The minimum Gasteiger partial charge on any atom is -0.497 e.